The van der Waals surface area contributed by atoms with Crippen molar-refractivity contribution in [1.29, 1.82) is 0 Å². The van der Waals surface area contributed by atoms with Crippen LogP contribution in [0, 0.1) is 0 Å². The highest BCUT2D eigenvalue weighted by molar-refractivity contribution is 4.43. The molecule has 50 valence electrons. The fourth-order valence-corrected chi connectivity index (χ4v) is 0.329. The van der Waals surface area contributed by atoms with E-state index in [-0.39, 0.29) is 13.1 Å². The lowest BCUT2D eigenvalue weighted by Crippen LogP contribution is -2.34. The van der Waals surface area contributed by atoms with Gasteiger partial charge in [0.15, 0.2) is 0 Å². The molecule has 4 heteroatoms. The predicted molar refractivity (Wildman–Crippen MR) is 27.7 cm³/mol. The van der Waals surface area contributed by atoms with Crippen LogP contribution < -0.4 is 5.84 Å². The molecule has 0 aliphatic carbocycles. The van der Waals surface area contributed by atoms with Crippen molar-refractivity contribution in [2.45, 2.75) is 0 Å². The van der Waals surface area contributed by atoms with Gasteiger partial charge in [0.25, 0.3) is 0 Å². The van der Waals surface area contributed by atoms with Gasteiger partial charge in [-0.05, 0) is 0 Å². The normalized spacial score (nSPS) is 10.5. The predicted octanol–water partition coefficient (Wildman–Crippen LogP) is 0.101. The maximum absolute atomic E-state index is 11.3. The molecule has 0 heterocycles. The quantitative estimate of drug-likeness (QED) is 0.425. The van der Waals surface area contributed by atoms with Gasteiger partial charge in [-0.2, -0.15) is 0 Å². The maximum Gasteiger partial charge on any atom is 0.103 e. The number of rotatable bonds is 4. The van der Waals surface area contributed by atoms with Crippen molar-refractivity contribution in [3.63, 3.8) is 0 Å². The Labute approximate surface area is 47.2 Å². The van der Waals surface area contributed by atoms with Crippen LogP contribution in [-0.4, -0.2) is 31.4 Å². The molecular formula is C4H10F2N2. The van der Waals surface area contributed by atoms with Crippen LogP contribution in [0.2, 0.25) is 0 Å². The fraction of sp³-hybridized carbons (Fsp3) is 1.00. The topological polar surface area (TPSA) is 29.3 Å². The van der Waals surface area contributed by atoms with E-state index in [1.807, 2.05) is 0 Å². The zero-order valence-corrected chi connectivity index (χ0v) is 4.61. The van der Waals surface area contributed by atoms with Crippen LogP contribution in [0.25, 0.3) is 0 Å². The highest BCUT2D eigenvalue weighted by Crippen LogP contribution is 1.77. The zero-order valence-electron chi connectivity index (χ0n) is 4.61. The number of hydrazine groups is 1. The Morgan fingerprint density at radius 1 is 1.12 bits per heavy atom. The summed E-state index contributed by atoms with van der Waals surface area (Å²) in [7, 11) is 0. The molecule has 2 nitrogen and oxygen atoms in total. The molecule has 0 radical (unpaired) electrons. The molecule has 0 rings (SSSR count). The van der Waals surface area contributed by atoms with Crippen LogP contribution in [0.3, 0.4) is 0 Å². The number of nitrogens with zero attached hydrogens (tertiary/aromatic N) is 1. The van der Waals surface area contributed by atoms with E-state index in [1.165, 1.54) is 0 Å². The van der Waals surface area contributed by atoms with Gasteiger partial charge >= 0.3 is 0 Å². The Balaban J connectivity index is 2.92. The number of alkyl halides is 2. The number of hydrogen-bond acceptors (Lipinski definition) is 2. The molecule has 0 unspecified atom stereocenters. The Morgan fingerprint density at radius 3 is 1.75 bits per heavy atom. The van der Waals surface area contributed by atoms with Gasteiger partial charge in [-0.15, -0.1) is 0 Å². The van der Waals surface area contributed by atoms with Gasteiger partial charge in [-0.1, -0.05) is 0 Å². The van der Waals surface area contributed by atoms with Crippen LogP contribution >= 0.6 is 0 Å². The van der Waals surface area contributed by atoms with Gasteiger partial charge in [-0.3, -0.25) is 5.84 Å². The monoisotopic (exact) mass is 124 g/mol. The lowest BCUT2D eigenvalue weighted by molar-refractivity contribution is 0.233. The highest BCUT2D eigenvalue weighted by atomic mass is 19.1. The van der Waals surface area contributed by atoms with E-state index in [4.69, 9.17) is 5.84 Å². The van der Waals surface area contributed by atoms with Crippen LogP contribution in [0.15, 0.2) is 0 Å². The Morgan fingerprint density at radius 2 is 1.50 bits per heavy atom. The molecule has 0 aromatic heterocycles. The second-order valence-electron chi connectivity index (χ2n) is 1.41. The highest BCUT2D eigenvalue weighted by Gasteiger charge is 1.94. The Hall–Kier alpha value is -0.220. The van der Waals surface area contributed by atoms with Gasteiger partial charge in [0.2, 0.25) is 0 Å². The maximum atomic E-state index is 11.3. The van der Waals surface area contributed by atoms with Gasteiger partial charge in [0.05, 0.1) is 0 Å². The lowest BCUT2D eigenvalue weighted by Gasteiger charge is -2.09. The standard InChI is InChI=1S/C4H10F2N2/c5-1-3-8(7)4-2-6/h1-4,7H2. The number of halogens is 2. The summed E-state index contributed by atoms with van der Waals surface area (Å²) in [6.07, 6.45) is 0. The molecule has 0 saturated heterocycles. The summed E-state index contributed by atoms with van der Waals surface area (Å²) < 4.78 is 22.6. The van der Waals surface area contributed by atoms with Crippen molar-refractivity contribution in [2.75, 3.05) is 26.4 Å². The number of nitrogens with two attached hydrogens (primary N) is 1. The summed E-state index contributed by atoms with van der Waals surface area (Å²) >= 11 is 0. The van der Waals surface area contributed by atoms with Crippen molar-refractivity contribution in [3.05, 3.63) is 0 Å². The second kappa shape index (κ2) is 4.93. The molecule has 0 amide bonds. The molecule has 0 spiro atoms. The molecular weight excluding hydrogens is 114 g/mol. The summed E-state index contributed by atoms with van der Waals surface area (Å²) in [5, 5.41) is 1.11. The molecule has 2 N–H and O–H groups in total. The van der Waals surface area contributed by atoms with Gasteiger partial charge < -0.3 is 0 Å². The van der Waals surface area contributed by atoms with E-state index in [9.17, 15) is 8.78 Å². The molecule has 0 atom stereocenters. The third-order valence-corrected chi connectivity index (χ3v) is 0.743. The van der Waals surface area contributed by atoms with Crippen LogP contribution in [0.1, 0.15) is 0 Å². The van der Waals surface area contributed by atoms with Crippen molar-refractivity contribution in [3.8, 4) is 0 Å². The van der Waals surface area contributed by atoms with Gasteiger partial charge in [0, 0.05) is 13.1 Å². The summed E-state index contributed by atoms with van der Waals surface area (Å²) in [6, 6.07) is 0. The molecule has 8 heavy (non-hydrogen) atoms. The van der Waals surface area contributed by atoms with E-state index in [0.29, 0.717) is 0 Å². The van der Waals surface area contributed by atoms with E-state index in [0.717, 1.165) is 5.01 Å². The minimum absolute atomic E-state index is 0.115. The molecule has 0 aliphatic heterocycles. The van der Waals surface area contributed by atoms with E-state index < -0.39 is 13.3 Å². The molecule has 0 aromatic rings. The summed E-state index contributed by atoms with van der Waals surface area (Å²) in [6.45, 7) is -0.805. The SMILES string of the molecule is NN(CCF)CCF. The zero-order chi connectivity index (χ0) is 6.41. The average molecular weight is 124 g/mol. The second-order valence-corrected chi connectivity index (χ2v) is 1.41. The summed E-state index contributed by atoms with van der Waals surface area (Å²) in [4.78, 5) is 0. The van der Waals surface area contributed by atoms with E-state index in [2.05, 4.69) is 0 Å². The third kappa shape index (κ3) is 3.95. The molecule has 0 bridgehead atoms. The van der Waals surface area contributed by atoms with E-state index >= 15 is 0 Å². The van der Waals surface area contributed by atoms with Crippen molar-refractivity contribution >= 4 is 0 Å². The Kier molecular flexibility index (Phi) is 4.79. The minimum atomic E-state index is -0.517. The first-order chi connectivity index (χ1) is 3.81. The first-order valence-electron chi connectivity index (χ1n) is 2.43. The summed E-state index contributed by atoms with van der Waals surface area (Å²) in [5.74, 6) is 5.05. The first kappa shape index (κ1) is 7.78. The van der Waals surface area contributed by atoms with Gasteiger partial charge in [-0.25, -0.2) is 13.8 Å². The lowest BCUT2D eigenvalue weighted by atomic mass is 10.6. The fourth-order valence-electron chi connectivity index (χ4n) is 0.329. The van der Waals surface area contributed by atoms with Crippen molar-refractivity contribution in [2.24, 2.45) is 5.84 Å². The molecule has 0 aromatic carbocycles. The van der Waals surface area contributed by atoms with Gasteiger partial charge in [0.1, 0.15) is 13.3 Å². The van der Waals surface area contributed by atoms with Crippen molar-refractivity contribution in [1.82, 2.24) is 5.01 Å². The van der Waals surface area contributed by atoms with Crippen LogP contribution in [0.4, 0.5) is 8.78 Å². The average Bonchev–Trinajstić information content (AvgIpc) is 1.68. The smallest absolute Gasteiger partial charge is 0.103 e. The Bertz CT molecular complexity index is 45.3. The minimum Gasteiger partial charge on any atom is -0.269 e. The van der Waals surface area contributed by atoms with E-state index in [1.54, 1.807) is 0 Å². The first-order valence-corrected chi connectivity index (χ1v) is 2.43. The largest absolute Gasteiger partial charge is 0.269 e. The summed E-state index contributed by atoms with van der Waals surface area (Å²) in [5.41, 5.74) is 0. The van der Waals surface area contributed by atoms with Crippen LogP contribution in [0.5, 0.6) is 0 Å². The molecule has 0 saturated carbocycles. The number of hydrogen-bond donors (Lipinski definition) is 1. The molecule has 0 fully saturated rings. The molecule has 0 aliphatic rings. The third-order valence-electron chi connectivity index (χ3n) is 0.743. The van der Waals surface area contributed by atoms with Crippen LogP contribution in [-0.2, 0) is 0 Å². The van der Waals surface area contributed by atoms with Crippen molar-refractivity contribution < 1.29 is 8.78 Å².